The average molecular weight is 424 g/mol. The van der Waals surface area contributed by atoms with E-state index in [1.54, 1.807) is 20.3 Å². The van der Waals surface area contributed by atoms with E-state index < -0.39 is 5.41 Å². The fourth-order valence-corrected chi connectivity index (χ4v) is 3.77. The second-order valence-corrected chi connectivity index (χ2v) is 7.49. The van der Waals surface area contributed by atoms with Crippen molar-refractivity contribution in [1.82, 2.24) is 0 Å². The molecule has 7 heteroatoms. The van der Waals surface area contributed by atoms with Crippen molar-refractivity contribution in [1.29, 1.82) is 0 Å². The zero-order chi connectivity index (χ0) is 23.0. The summed E-state index contributed by atoms with van der Waals surface area (Å²) in [4.78, 5) is 50.3. The number of hydrogen-bond donors (Lipinski definition) is 0. The second-order valence-electron chi connectivity index (χ2n) is 7.49. The fourth-order valence-electron chi connectivity index (χ4n) is 3.77. The number of rotatable bonds is 4. The van der Waals surface area contributed by atoms with Crippen LogP contribution >= 0.6 is 0 Å². The zero-order valence-corrected chi connectivity index (χ0v) is 17.7. The Morgan fingerprint density at radius 1 is 0.935 bits per heavy atom. The highest BCUT2D eigenvalue weighted by atomic mass is 16.5. The number of aldehydes is 1. The summed E-state index contributed by atoms with van der Waals surface area (Å²) in [5, 5.41) is 0. The van der Waals surface area contributed by atoms with Crippen molar-refractivity contribution < 1.29 is 33.4 Å². The number of Topliss-reactive ketones (excluding diaryl/α,β-unsaturated/α-hetero) is 2. The Morgan fingerprint density at radius 2 is 1.48 bits per heavy atom. The molecule has 2 aromatic rings. The summed E-state index contributed by atoms with van der Waals surface area (Å²) in [7, 11) is 3.19. The van der Waals surface area contributed by atoms with Crippen LogP contribution in [0.15, 0.2) is 36.4 Å². The van der Waals surface area contributed by atoms with Gasteiger partial charge in [0.2, 0.25) is 0 Å². The molecular formula is C24H24O7. The van der Waals surface area contributed by atoms with Gasteiger partial charge in [-0.1, -0.05) is 19.1 Å². The minimum absolute atomic E-state index is 0.0495. The molecule has 7 nitrogen and oxygen atoms in total. The largest absolute Gasteiger partial charge is 0.497 e. The normalized spacial score (nSPS) is 17.8. The van der Waals surface area contributed by atoms with Crippen LogP contribution in [-0.2, 0) is 27.2 Å². The molecule has 0 bridgehead atoms. The first-order chi connectivity index (χ1) is 14.8. The lowest BCUT2D eigenvalue weighted by Crippen LogP contribution is -2.24. The van der Waals surface area contributed by atoms with Crippen LogP contribution in [0.3, 0.4) is 0 Å². The summed E-state index contributed by atoms with van der Waals surface area (Å²) >= 11 is 0. The first kappa shape index (κ1) is 23.7. The van der Waals surface area contributed by atoms with Crippen LogP contribution in [0.5, 0.6) is 11.5 Å². The Balaban J connectivity index is 0.000000201. The molecule has 162 valence electrons. The maximum atomic E-state index is 12.2. The fraction of sp³-hybridized carbons (Fsp3) is 0.333. The van der Waals surface area contributed by atoms with Crippen molar-refractivity contribution in [3.05, 3.63) is 58.7 Å². The van der Waals surface area contributed by atoms with Crippen LogP contribution in [0.1, 0.15) is 51.6 Å². The number of methoxy groups -OCH3 is 2. The van der Waals surface area contributed by atoms with Gasteiger partial charge < -0.3 is 14.3 Å². The molecule has 0 radical (unpaired) electrons. The number of ketones is 2. The molecule has 2 aromatic carbocycles. The van der Waals surface area contributed by atoms with E-state index in [0.717, 1.165) is 35.1 Å². The topological polar surface area (TPSA) is 104 Å². The smallest absolute Gasteiger partial charge is 0.373 e. The van der Waals surface area contributed by atoms with Crippen LogP contribution < -0.4 is 9.47 Å². The quantitative estimate of drug-likeness (QED) is 0.694. The van der Waals surface area contributed by atoms with Crippen LogP contribution in [-0.4, -0.2) is 38.2 Å². The molecule has 0 aromatic heterocycles. The summed E-state index contributed by atoms with van der Waals surface area (Å²) < 4.78 is 10.1. The summed E-state index contributed by atoms with van der Waals surface area (Å²) in [6, 6.07) is 11.2. The Morgan fingerprint density at radius 3 is 2.03 bits per heavy atom. The van der Waals surface area contributed by atoms with Gasteiger partial charge in [-0.2, -0.15) is 9.59 Å². The van der Waals surface area contributed by atoms with E-state index in [1.165, 1.54) is 0 Å². The number of hydrogen-bond acceptors (Lipinski definition) is 7. The van der Waals surface area contributed by atoms with Crippen LogP contribution in [0.2, 0.25) is 0 Å². The zero-order valence-electron chi connectivity index (χ0n) is 17.7. The first-order valence-corrected chi connectivity index (χ1v) is 9.68. The van der Waals surface area contributed by atoms with E-state index in [2.05, 4.69) is 0 Å². The molecule has 1 unspecified atom stereocenters. The minimum atomic E-state index is -0.559. The molecule has 0 amide bonds. The monoisotopic (exact) mass is 424 g/mol. The maximum Gasteiger partial charge on any atom is 0.373 e. The summed E-state index contributed by atoms with van der Waals surface area (Å²) in [6.07, 6.45) is 3.54. The highest BCUT2D eigenvalue weighted by Gasteiger charge is 2.41. The molecule has 2 aliphatic rings. The summed E-state index contributed by atoms with van der Waals surface area (Å²) in [5.41, 5.74) is 3.14. The lowest BCUT2D eigenvalue weighted by Gasteiger charge is -2.17. The first-order valence-electron chi connectivity index (χ1n) is 9.68. The van der Waals surface area contributed by atoms with E-state index in [1.807, 2.05) is 37.3 Å². The predicted molar refractivity (Wildman–Crippen MR) is 110 cm³/mol. The molecule has 0 aliphatic heterocycles. The molecule has 2 aliphatic carbocycles. The van der Waals surface area contributed by atoms with Gasteiger partial charge in [0.25, 0.3) is 0 Å². The lowest BCUT2D eigenvalue weighted by atomic mass is 9.83. The van der Waals surface area contributed by atoms with Crippen molar-refractivity contribution in [3.63, 3.8) is 0 Å². The van der Waals surface area contributed by atoms with Crippen molar-refractivity contribution in [3.8, 4) is 11.5 Å². The van der Waals surface area contributed by atoms with Crippen LogP contribution in [0.25, 0.3) is 0 Å². The van der Waals surface area contributed by atoms with E-state index in [-0.39, 0.29) is 24.1 Å². The van der Waals surface area contributed by atoms with Crippen molar-refractivity contribution in [2.75, 3.05) is 14.2 Å². The molecule has 0 N–H and O–H groups in total. The number of aryl methyl sites for hydroxylation is 1. The third-order valence-corrected chi connectivity index (χ3v) is 5.46. The molecule has 31 heavy (non-hydrogen) atoms. The van der Waals surface area contributed by atoms with E-state index in [0.29, 0.717) is 24.2 Å². The highest BCUT2D eigenvalue weighted by Crippen LogP contribution is 2.39. The SMILES string of the molecule is COc1ccc2c(c1)C(=O)C(C)(CC=O)C2.COc1ccc2c(c1)C(=O)CC2.O=C=O. The maximum absolute atomic E-state index is 12.2. The third kappa shape index (κ3) is 5.32. The molecule has 0 heterocycles. The summed E-state index contributed by atoms with van der Waals surface area (Å²) in [5.74, 6) is 1.74. The molecule has 0 saturated heterocycles. The molecule has 4 rings (SSSR count). The second kappa shape index (κ2) is 10.5. The standard InChI is InChI=1S/C13H14O3.C10H10O2.CO2/c1-13(5-6-14)8-9-3-4-10(16-2)7-11(9)12(13)15;1-12-8-4-2-7-3-5-10(11)9(7)6-8;2-1-3/h3-4,6-7H,5,8H2,1-2H3;2,4,6H,3,5H2,1H3;. The highest BCUT2D eigenvalue weighted by molar-refractivity contribution is 6.06. The number of benzene rings is 2. The van der Waals surface area contributed by atoms with Crippen LogP contribution in [0.4, 0.5) is 0 Å². The Hall–Kier alpha value is -3.57. The summed E-state index contributed by atoms with van der Waals surface area (Å²) in [6.45, 7) is 1.84. The van der Waals surface area contributed by atoms with Crippen molar-refractivity contribution in [2.45, 2.75) is 32.6 Å². The van der Waals surface area contributed by atoms with Gasteiger partial charge in [-0.25, -0.2) is 0 Å². The number of carbonyl (C=O) groups is 3. The van der Waals surface area contributed by atoms with Gasteiger partial charge >= 0.3 is 6.15 Å². The van der Waals surface area contributed by atoms with Crippen LogP contribution in [0, 0.1) is 5.41 Å². The third-order valence-electron chi connectivity index (χ3n) is 5.46. The molecular weight excluding hydrogens is 400 g/mol. The van der Waals surface area contributed by atoms with Gasteiger partial charge in [0.1, 0.15) is 17.8 Å². The van der Waals surface area contributed by atoms with Gasteiger partial charge in [-0.3, -0.25) is 9.59 Å². The number of carbonyl (C=O) groups excluding carboxylic acids is 5. The molecule has 1 atom stereocenters. The van der Waals surface area contributed by atoms with Crippen molar-refractivity contribution in [2.24, 2.45) is 5.41 Å². The van der Waals surface area contributed by atoms with Gasteiger partial charge in [0.05, 0.1) is 14.2 Å². The Labute approximate surface area is 180 Å². The number of ether oxygens (including phenoxy) is 2. The minimum Gasteiger partial charge on any atom is -0.497 e. The molecule has 0 fully saturated rings. The van der Waals surface area contributed by atoms with E-state index in [9.17, 15) is 14.4 Å². The van der Waals surface area contributed by atoms with Crippen molar-refractivity contribution >= 4 is 24.0 Å². The Bertz CT molecular complexity index is 1020. The average Bonchev–Trinajstić information content (AvgIpc) is 3.26. The molecule has 0 spiro atoms. The molecule has 0 saturated carbocycles. The number of fused-ring (bicyclic) bond motifs is 2. The van der Waals surface area contributed by atoms with Gasteiger partial charge in [0, 0.05) is 29.4 Å². The van der Waals surface area contributed by atoms with Gasteiger partial charge in [-0.15, -0.1) is 0 Å². The van der Waals surface area contributed by atoms with Gasteiger partial charge in [0.15, 0.2) is 11.6 Å². The predicted octanol–water partition coefficient (Wildman–Crippen LogP) is 3.27. The lowest BCUT2D eigenvalue weighted by molar-refractivity contribution is -0.191. The Kier molecular flexibility index (Phi) is 8.00. The van der Waals surface area contributed by atoms with E-state index >= 15 is 0 Å². The van der Waals surface area contributed by atoms with Gasteiger partial charge in [-0.05, 0) is 48.2 Å². The van der Waals surface area contributed by atoms with E-state index in [4.69, 9.17) is 19.1 Å².